The van der Waals surface area contributed by atoms with Gasteiger partial charge in [-0.15, -0.1) is 0 Å². The molecule has 0 amide bonds. The van der Waals surface area contributed by atoms with E-state index in [9.17, 15) is 0 Å². The van der Waals surface area contributed by atoms with Crippen LogP contribution in [0.3, 0.4) is 0 Å². The van der Waals surface area contributed by atoms with Crippen molar-refractivity contribution in [1.29, 1.82) is 0 Å². The fourth-order valence-electron chi connectivity index (χ4n) is 1.39. The Morgan fingerprint density at radius 2 is 2.08 bits per heavy atom. The first-order chi connectivity index (χ1) is 6.20. The van der Waals surface area contributed by atoms with Crippen molar-refractivity contribution in [1.82, 2.24) is 0 Å². The SMILES string of the molecule is CC(C)COCCCC(Br)C1CC1. The number of rotatable bonds is 7. The third-order valence-electron chi connectivity index (χ3n) is 2.35. The minimum absolute atomic E-state index is 0.670. The molecule has 0 N–H and O–H groups in total. The van der Waals surface area contributed by atoms with E-state index in [2.05, 4.69) is 29.8 Å². The standard InChI is InChI=1S/C11H21BrO/c1-9(2)8-13-7-3-4-11(12)10-5-6-10/h9-11H,3-8H2,1-2H3. The van der Waals surface area contributed by atoms with E-state index in [0.717, 1.165) is 24.0 Å². The Morgan fingerprint density at radius 3 is 2.62 bits per heavy atom. The van der Waals surface area contributed by atoms with Crippen LogP contribution in [0, 0.1) is 11.8 Å². The molecule has 1 fully saturated rings. The Kier molecular flexibility index (Phi) is 5.34. The molecule has 13 heavy (non-hydrogen) atoms. The van der Waals surface area contributed by atoms with Crippen molar-refractivity contribution in [2.75, 3.05) is 13.2 Å². The molecule has 78 valence electrons. The summed E-state index contributed by atoms with van der Waals surface area (Å²) in [6.45, 7) is 6.23. The van der Waals surface area contributed by atoms with Gasteiger partial charge in [-0.3, -0.25) is 0 Å². The summed E-state index contributed by atoms with van der Waals surface area (Å²) in [5.41, 5.74) is 0. The van der Waals surface area contributed by atoms with Gasteiger partial charge in [0.2, 0.25) is 0 Å². The van der Waals surface area contributed by atoms with E-state index in [0.29, 0.717) is 5.92 Å². The lowest BCUT2D eigenvalue weighted by Crippen LogP contribution is -2.06. The third-order valence-corrected chi connectivity index (χ3v) is 3.56. The molecule has 0 heterocycles. The lowest BCUT2D eigenvalue weighted by molar-refractivity contribution is 0.106. The highest BCUT2D eigenvalue weighted by molar-refractivity contribution is 9.09. The van der Waals surface area contributed by atoms with Crippen LogP contribution in [0.2, 0.25) is 0 Å². The van der Waals surface area contributed by atoms with Crippen LogP contribution in [-0.2, 0) is 4.74 Å². The van der Waals surface area contributed by atoms with E-state index in [1.54, 1.807) is 0 Å². The van der Waals surface area contributed by atoms with Crippen LogP contribution in [0.4, 0.5) is 0 Å². The largest absolute Gasteiger partial charge is 0.381 e. The quantitative estimate of drug-likeness (QED) is 0.494. The van der Waals surface area contributed by atoms with Gasteiger partial charge in [0.1, 0.15) is 0 Å². The number of ether oxygens (including phenoxy) is 1. The molecule has 0 radical (unpaired) electrons. The van der Waals surface area contributed by atoms with Crippen LogP contribution in [0.1, 0.15) is 39.5 Å². The van der Waals surface area contributed by atoms with Crippen LogP contribution in [0.5, 0.6) is 0 Å². The Labute approximate surface area is 90.4 Å². The number of hydrogen-bond donors (Lipinski definition) is 0. The van der Waals surface area contributed by atoms with Crippen molar-refractivity contribution >= 4 is 15.9 Å². The van der Waals surface area contributed by atoms with Crippen LogP contribution in [0.25, 0.3) is 0 Å². The highest BCUT2D eigenvalue weighted by Crippen LogP contribution is 2.38. The van der Waals surface area contributed by atoms with Crippen LogP contribution in [0.15, 0.2) is 0 Å². The molecule has 0 saturated heterocycles. The summed E-state index contributed by atoms with van der Waals surface area (Å²) in [5.74, 6) is 1.65. The fraction of sp³-hybridized carbons (Fsp3) is 1.00. The van der Waals surface area contributed by atoms with E-state index in [4.69, 9.17) is 4.74 Å². The summed E-state index contributed by atoms with van der Waals surface area (Å²) in [6, 6.07) is 0. The predicted molar refractivity (Wildman–Crippen MR) is 60.3 cm³/mol. The summed E-state index contributed by atoms with van der Waals surface area (Å²) in [5, 5.41) is 0. The summed E-state index contributed by atoms with van der Waals surface area (Å²) in [7, 11) is 0. The molecule has 0 aromatic rings. The summed E-state index contributed by atoms with van der Waals surface area (Å²) in [6.07, 6.45) is 5.35. The summed E-state index contributed by atoms with van der Waals surface area (Å²) in [4.78, 5) is 0.759. The molecule has 0 aromatic carbocycles. The number of hydrogen-bond acceptors (Lipinski definition) is 1. The first-order valence-corrected chi connectivity index (χ1v) is 6.33. The normalized spacial score (nSPS) is 19.4. The lowest BCUT2D eigenvalue weighted by Gasteiger charge is -2.09. The Bertz CT molecular complexity index is 132. The van der Waals surface area contributed by atoms with Crippen LogP contribution < -0.4 is 0 Å². The Hall–Kier alpha value is 0.440. The van der Waals surface area contributed by atoms with Gasteiger partial charge in [-0.2, -0.15) is 0 Å². The van der Waals surface area contributed by atoms with Gasteiger partial charge in [0.25, 0.3) is 0 Å². The van der Waals surface area contributed by atoms with Gasteiger partial charge >= 0.3 is 0 Å². The monoisotopic (exact) mass is 248 g/mol. The average Bonchev–Trinajstić information content (AvgIpc) is 2.85. The fourth-order valence-corrected chi connectivity index (χ4v) is 2.25. The van der Waals surface area contributed by atoms with Crippen molar-refractivity contribution in [3.05, 3.63) is 0 Å². The van der Waals surface area contributed by atoms with E-state index in [1.807, 2.05) is 0 Å². The van der Waals surface area contributed by atoms with Crippen molar-refractivity contribution in [3.8, 4) is 0 Å². The predicted octanol–water partition coefficient (Wildman–Crippen LogP) is 3.61. The third kappa shape index (κ3) is 5.69. The second-order valence-electron chi connectivity index (χ2n) is 4.46. The van der Waals surface area contributed by atoms with Gasteiger partial charge in [-0.1, -0.05) is 29.8 Å². The van der Waals surface area contributed by atoms with Gasteiger partial charge in [-0.05, 0) is 37.5 Å². The maximum absolute atomic E-state index is 5.52. The van der Waals surface area contributed by atoms with E-state index < -0.39 is 0 Å². The maximum atomic E-state index is 5.52. The zero-order valence-corrected chi connectivity index (χ0v) is 10.3. The molecule has 1 nitrogen and oxygen atoms in total. The average molecular weight is 249 g/mol. The van der Waals surface area contributed by atoms with Crippen molar-refractivity contribution < 1.29 is 4.74 Å². The Morgan fingerprint density at radius 1 is 1.38 bits per heavy atom. The van der Waals surface area contributed by atoms with Gasteiger partial charge in [0.05, 0.1) is 0 Å². The first-order valence-electron chi connectivity index (χ1n) is 5.42. The first kappa shape index (κ1) is 11.5. The van der Waals surface area contributed by atoms with Crippen molar-refractivity contribution in [2.24, 2.45) is 11.8 Å². The molecule has 0 spiro atoms. The number of alkyl halides is 1. The molecule has 1 unspecified atom stereocenters. The molecule has 1 saturated carbocycles. The van der Waals surface area contributed by atoms with Crippen LogP contribution >= 0.6 is 15.9 Å². The van der Waals surface area contributed by atoms with Crippen LogP contribution in [-0.4, -0.2) is 18.0 Å². The topological polar surface area (TPSA) is 9.23 Å². The zero-order chi connectivity index (χ0) is 9.68. The molecule has 0 aromatic heterocycles. The molecule has 0 aliphatic heterocycles. The van der Waals surface area contributed by atoms with Gasteiger partial charge in [-0.25, -0.2) is 0 Å². The van der Waals surface area contributed by atoms with E-state index in [-0.39, 0.29) is 0 Å². The molecule has 1 rings (SSSR count). The molecule has 2 heteroatoms. The van der Waals surface area contributed by atoms with Crippen molar-refractivity contribution in [2.45, 2.75) is 44.4 Å². The summed E-state index contributed by atoms with van der Waals surface area (Å²) < 4.78 is 5.52. The van der Waals surface area contributed by atoms with E-state index in [1.165, 1.54) is 25.7 Å². The van der Waals surface area contributed by atoms with Gasteiger partial charge in [0, 0.05) is 18.0 Å². The Balaban J connectivity index is 1.83. The molecule has 1 aliphatic rings. The zero-order valence-electron chi connectivity index (χ0n) is 8.76. The molecular weight excluding hydrogens is 228 g/mol. The number of halogens is 1. The maximum Gasteiger partial charge on any atom is 0.0488 e. The molecule has 0 bridgehead atoms. The van der Waals surface area contributed by atoms with E-state index >= 15 is 0 Å². The van der Waals surface area contributed by atoms with Gasteiger partial charge < -0.3 is 4.74 Å². The minimum atomic E-state index is 0.670. The summed E-state index contributed by atoms with van der Waals surface area (Å²) >= 11 is 3.73. The molecule has 1 aliphatic carbocycles. The second kappa shape index (κ2) is 6.02. The smallest absolute Gasteiger partial charge is 0.0488 e. The highest BCUT2D eigenvalue weighted by Gasteiger charge is 2.28. The highest BCUT2D eigenvalue weighted by atomic mass is 79.9. The second-order valence-corrected chi connectivity index (χ2v) is 5.64. The van der Waals surface area contributed by atoms with Gasteiger partial charge in [0.15, 0.2) is 0 Å². The molecular formula is C11H21BrO. The molecule has 1 atom stereocenters. The minimum Gasteiger partial charge on any atom is -0.381 e. The van der Waals surface area contributed by atoms with Crippen molar-refractivity contribution in [3.63, 3.8) is 0 Å². The lowest BCUT2D eigenvalue weighted by atomic mass is 10.2.